The fourth-order valence-corrected chi connectivity index (χ4v) is 2.52. The minimum absolute atomic E-state index is 1.10. The van der Waals surface area contributed by atoms with Crippen molar-refractivity contribution in [1.29, 1.82) is 0 Å². The zero-order chi connectivity index (χ0) is 11.8. The van der Waals surface area contributed by atoms with Crippen LogP contribution in [0.1, 0.15) is 16.7 Å². The minimum Gasteiger partial charge on any atom is -0.341 e. The second-order valence-electron chi connectivity index (χ2n) is 4.87. The average Bonchev–Trinajstić information content (AvgIpc) is 2.73. The number of benzene rings is 2. The van der Waals surface area contributed by atoms with E-state index in [0.29, 0.717) is 0 Å². The maximum Gasteiger partial charge on any atom is 0.0444 e. The van der Waals surface area contributed by atoms with Gasteiger partial charge in [-0.3, -0.25) is 0 Å². The normalized spacial score (nSPS) is 13.9. The molecule has 0 spiro atoms. The Balaban J connectivity index is 2.01. The van der Waals surface area contributed by atoms with Crippen molar-refractivity contribution in [3.63, 3.8) is 0 Å². The lowest BCUT2D eigenvalue weighted by atomic mass is 10.1. The minimum atomic E-state index is 1.10. The van der Waals surface area contributed by atoms with E-state index in [9.17, 15) is 0 Å². The van der Waals surface area contributed by atoms with E-state index in [1.54, 1.807) is 0 Å². The van der Waals surface area contributed by atoms with Gasteiger partial charge in [-0.05, 0) is 44.0 Å². The summed E-state index contributed by atoms with van der Waals surface area (Å²) >= 11 is 0. The van der Waals surface area contributed by atoms with Gasteiger partial charge in [0.1, 0.15) is 0 Å². The summed E-state index contributed by atoms with van der Waals surface area (Å²) in [5.41, 5.74) is 6.83. The molecule has 2 aromatic carbocycles. The summed E-state index contributed by atoms with van der Waals surface area (Å²) in [6, 6.07) is 15.5. The second kappa shape index (κ2) is 3.92. The van der Waals surface area contributed by atoms with E-state index in [1.807, 2.05) is 0 Å². The zero-order valence-electron chi connectivity index (χ0n) is 10.4. The molecule has 0 saturated heterocycles. The second-order valence-corrected chi connectivity index (χ2v) is 4.87. The van der Waals surface area contributed by atoms with E-state index in [0.717, 1.165) is 13.0 Å². The van der Waals surface area contributed by atoms with E-state index < -0.39 is 0 Å². The average molecular weight is 223 g/mol. The predicted molar refractivity (Wildman–Crippen MR) is 73.1 cm³/mol. The van der Waals surface area contributed by atoms with Crippen molar-refractivity contribution in [1.82, 2.24) is 0 Å². The van der Waals surface area contributed by atoms with Gasteiger partial charge in [-0.2, -0.15) is 0 Å². The van der Waals surface area contributed by atoms with Crippen LogP contribution < -0.4 is 4.90 Å². The lowest BCUT2D eigenvalue weighted by Gasteiger charge is -2.19. The molecule has 1 aliphatic rings. The third kappa shape index (κ3) is 1.82. The lowest BCUT2D eigenvalue weighted by Crippen LogP contribution is -2.12. The molecule has 1 heterocycles. The Hall–Kier alpha value is -1.76. The maximum atomic E-state index is 2.41. The highest BCUT2D eigenvalue weighted by Gasteiger charge is 2.19. The molecule has 3 rings (SSSR count). The van der Waals surface area contributed by atoms with Crippen LogP contribution in [0.25, 0.3) is 0 Å². The van der Waals surface area contributed by atoms with E-state index in [1.165, 1.54) is 28.1 Å². The van der Waals surface area contributed by atoms with Gasteiger partial charge in [0.25, 0.3) is 0 Å². The number of rotatable bonds is 1. The third-order valence-corrected chi connectivity index (χ3v) is 3.48. The molecule has 2 aromatic rings. The molecule has 17 heavy (non-hydrogen) atoms. The van der Waals surface area contributed by atoms with Crippen LogP contribution >= 0.6 is 0 Å². The Bertz CT molecular complexity index is 540. The fraction of sp³-hybridized carbons (Fsp3) is 0.250. The summed E-state index contributed by atoms with van der Waals surface area (Å²) in [6.07, 6.45) is 1.16. The van der Waals surface area contributed by atoms with Gasteiger partial charge >= 0.3 is 0 Å². The van der Waals surface area contributed by atoms with Gasteiger partial charge in [-0.15, -0.1) is 0 Å². The molecule has 86 valence electrons. The Morgan fingerprint density at radius 2 is 1.59 bits per heavy atom. The van der Waals surface area contributed by atoms with Gasteiger partial charge in [-0.1, -0.05) is 35.4 Å². The highest BCUT2D eigenvalue weighted by Crippen LogP contribution is 2.34. The van der Waals surface area contributed by atoms with Crippen LogP contribution in [0.3, 0.4) is 0 Å². The number of hydrogen-bond donors (Lipinski definition) is 0. The Morgan fingerprint density at radius 3 is 2.35 bits per heavy atom. The first-order valence-corrected chi connectivity index (χ1v) is 6.18. The largest absolute Gasteiger partial charge is 0.341 e. The van der Waals surface area contributed by atoms with Crippen molar-refractivity contribution >= 4 is 11.4 Å². The number of aryl methyl sites for hydroxylation is 2. The summed E-state index contributed by atoms with van der Waals surface area (Å²) in [5.74, 6) is 0. The van der Waals surface area contributed by atoms with Crippen molar-refractivity contribution in [3.8, 4) is 0 Å². The number of anilines is 2. The molecule has 0 fully saturated rings. The molecule has 0 radical (unpaired) electrons. The molecule has 0 saturated carbocycles. The van der Waals surface area contributed by atoms with Crippen molar-refractivity contribution in [3.05, 3.63) is 59.2 Å². The number of hydrogen-bond acceptors (Lipinski definition) is 1. The first-order valence-electron chi connectivity index (χ1n) is 6.18. The van der Waals surface area contributed by atoms with Crippen molar-refractivity contribution < 1.29 is 0 Å². The highest BCUT2D eigenvalue weighted by atomic mass is 15.2. The molecule has 0 N–H and O–H groups in total. The standard InChI is InChI=1S/C16H17N/c1-12-3-6-15(7-4-12)17-10-9-14-11-13(2)5-8-16(14)17/h3-8,11H,9-10H2,1-2H3. The molecular weight excluding hydrogens is 206 g/mol. The third-order valence-electron chi connectivity index (χ3n) is 3.48. The quantitative estimate of drug-likeness (QED) is 0.706. The van der Waals surface area contributed by atoms with Crippen LogP contribution in [0.5, 0.6) is 0 Å². The molecule has 0 unspecified atom stereocenters. The van der Waals surface area contributed by atoms with E-state index >= 15 is 0 Å². The monoisotopic (exact) mass is 223 g/mol. The van der Waals surface area contributed by atoms with Crippen LogP contribution in [0.2, 0.25) is 0 Å². The molecule has 0 bridgehead atoms. The van der Waals surface area contributed by atoms with Gasteiger partial charge in [0.15, 0.2) is 0 Å². The Morgan fingerprint density at radius 1 is 0.882 bits per heavy atom. The van der Waals surface area contributed by atoms with Gasteiger partial charge < -0.3 is 4.90 Å². The van der Waals surface area contributed by atoms with Gasteiger partial charge in [0.2, 0.25) is 0 Å². The Kier molecular flexibility index (Phi) is 2.40. The van der Waals surface area contributed by atoms with Crippen LogP contribution in [-0.2, 0) is 6.42 Å². The molecule has 0 atom stereocenters. The van der Waals surface area contributed by atoms with Crippen LogP contribution in [0.4, 0.5) is 11.4 Å². The van der Waals surface area contributed by atoms with Crippen molar-refractivity contribution in [2.45, 2.75) is 20.3 Å². The molecular formula is C16H17N. The lowest BCUT2D eigenvalue weighted by molar-refractivity contribution is 0.997. The molecule has 0 amide bonds. The topological polar surface area (TPSA) is 3.24 Å². The molecule has 0 aromatic heterocycles. The summed E-state index contributed by atoms with van der Waals surface area (Å²) < 4.78 is 0. The van der Waals surface area contributed by atoms with Crippen LogP contribution in [-0.4, -0.2) is 6.54 Å². The van der Waals surface area contributed by atoms with E-state index in [-0.39, 0.29) is 0 Å². The molecule has 1 heteroatoms. The van der Waals surface area contributed by atoms with Crippen molar-refractivity contribution in [2.75, 3.05) is 11.4 Å². The molecule has 0 aliphatic carbocycles. The maximum absolute atomic E-state index is 2.41. The summed E-state index contributed by atoms with van der Waals surface area (Å²) in [7, 11) is 0. The molecule has 1 nitrogen and oxygen atoms in total. The smallest absolute Gasteiger partial charge is 0.0444 e. The highest BCUT2D eigenvalue weighted by molar-refractivity contribution is 5.70. The van der Waals surface area contributed by atoms with Crippen LogP contribution in [0.15, 0.2) is 42.5 Å². The van der Waals surface area contributed by atoms with E-state index in [4.69, 9.17) is 0 Å². The van der Waals surface area contributed by atoms with Crippen molar-refractivity contribution in [2.24, 2.45) is 0 Å². The van der Waals surface area contributed by atoms with Gasteiger partial charge in [0, 0.05) is 17.9 Å². The zero-order valence-corrected chi connectivity index (χ0v) is 10.4. The Labute approximate surface area is 103 Å². The van der Waals surface area contributed by atoms with Gasteiger partial charge in [-0.25, -0.2) is 0 Å². The summed E-state index contributed by atoms with van der Waals surface area (Å²) in [4.78, 5) is 2.41. The summed E-state index contributed by atoms with van der Waals surface area (Å²) in [5, 5.41) is 0. The van der Waals surface area contributed by atoms with Crippen LogP contribution in [0, 0.1) is 13.8 Å². The fourth-order valence-electron chi connectivity index (χ4n) is 2.52. The van der Waals surface area contributed by atoms with E-state index in [2.05, 4.69) is 61.2 Å². The first-order chi connectivity index (χ1) is 8.24. The molecule has 1 aliphatic heterocycles. The predicted octanol–water partition coefficient (Wildman–Crippen LogP) is 4.00. The first kappa shape index (κ1) is 10.4. The SMILES string of the molecule is Cc1ccc(N2CCc3cc(C)ccc32)cc1. The number of fused-ring (bicyclic) bond motifs is 1. The van der Waals surface area contributed by atoms with Gasteiger partial charge in [0.05, 0.1) is 0 Å². The number of nitrogens with zero attached hydrogens (tertiary/aromatic N) is 1. The summed E-state index contributed by atoms with van der Waals surface area (Å²) in [6.45, 7) is 5.39.